The van der Waals surface area contributed by atoms with Crippen molar-refractivity contribution in [3.63, 3.8) is 0 Å². The lowest BCUT2D eigenvalue weighted by Gasteiger charge is -2.54. The number of nitrogens with one attached hydrogen (secondary N) is 1. The summed E-state index contributed by atoms with van der Waals surface area (Å²) < 4.78 is 0. The van der Waals surface area contributed by atoms with Crippen molar-refractivity contribution in [2.75, 3.05) is 0 Å². The van der Waals surface area contributed by atoms with E-state index >= 15 is 0 Å². The van der Waals surface area contributed by atoms with Crippen LogP contribution in [-0.4, -0.2) is 17.7 Å². The Morgan fingerprint density at radius 2 is 2.09 bits per heavy atom. The van der Waals surface area contributed by atoms with Crippen LogP contribution in [0.5, 0.6) is 0 Å². The van der Waals surface area contributed by atoms with Crippen LogP contribution in [0.15, 0.2) is 42.0 Å². The van der Waals surface area contributed by atoms with Gasteiger partial charge in [0.1, 0.15) is 0 Å². The molecule has 2 aromatic rings. The van der Waals surface area contributed by atoms with Crippen molar-refractivity contribution in [3.05, 3.63) is 48.2 Å². The number of H-pyrrole nitrogens is 1. The summed E-state index contributed by atoms with van der Waals surface area (Å²) in [7, 11) is 0. The molecule has 2 aliphatic rings. The number of aromatic amines is 1. The second kappa shape index (κ2) is 4.59. The van der Waals surface area contributed by atoms with Crippen LogP contribution in [0.25, 0.3) is 10.9 Å². The van der Waals surface area contributed by atoms with Crippen molar-refractivity contribution in [2.24, 2.45) is 16.3 Å². The zero-order chi connectivity index (χ0) is 16.4. The molecule has 0 aliphatic heterocycles. The van der Waals surface area contributed by atoms with Gasteiger partial charge < -0.3 is 4.98 Å². The van der Waals surface area contributed by atoms with E-state index < -0.39 is 0 Å². The summed E-state index contributed by atoms with van der Waals surface area (Å²) in [5.74, 6) is 1.02. The van der Waals surface area contributed by atoms with Crippen LogP contribution in [0.4, 0.5) is 0 Å². The van der Waals surface area contributed by atoms with Crippen LogP contribution in [0.1, 0.15) is 50.7 Å². The molecule has 23 heavy (non-hydrogen) atoms. The number of fused-ring (bicyclic) bond motifs is 2. The van der Waals surface area contributed by atoms with E-state index in [4.69, 9.17) is 0 Å². The molecule has 120 valence electrons. The van der Waals surface area contributed by atoms with Gasteiger partial charge in [-0.25, -0.2) is 0 Å². The number of aliphatic imine (C=N–C) groups is 1. The minimum absolute atomic E-state index is 0.0366. The van der Waals surface area contributed by atoms with Crippen LogP contribution < -0.4 is 0 Å². The van der Waals surface area contributed by atoms with Gasteiger partial charge in [0, 0.05) is 28.4 Å². The molecule has 0 radical (unpaired) electrons. The second-order valence-corrected chi connectivity index (χ2v) is 8.20. The van der Waals surface area contributed by atoms with Gasteiger partial charge in [0.25, 0.3) is 0 Å². The Morgan fingerprint density at radius 3 is 2.78 bits per heavy atom. The zero-order valence-electron chi connectivity index (χ0n) is 14.4. The van der Waals surface area contributed by atoms with E-state index in [0.29, 0.717) is 11.8 Å². The lowest BCUT2D eigenvalue weighted by atomic mass is 9.51. The highest BCUT2D eigenvalue weighted by Crippen LogP contribution is 2.59. The van der Waals surface area contributed by atoms with Crippen LogP contribution in [-0.2, 0) is 5.41 Å². The third kappa shape index (κ3) is 1.72. The van der Waals surface area contributed by atoms with Gasteiger partial charge in [-0.1, -0.05) is 39.0 Å². The first-order valence-corrected chi connectivity index (χ1v) is 8.64. The molecule has 2 aliphatic carbocycles. The average molecular weight is 306 g/mol. The Bertz CT molecular complexity index is 797. The van der Waals surface area contributed by atoms with Gasteiger partial charge in [0.05, 0.1) is 6.04 Å². The monoisotopic (exact) mass is 306 g/mol. The molecule has 4 rings (SSSR count). The topological polar surface area (TPSA) is 28.1 Å². The van der Waals surface area contributed by atoms with Crippen molar-refractivity contribution < 1.29 is 0 Å². The summed E-state index contributed by atoms with van der Waals surface area (Å²) in [4.78, 5) is 8.12. The van der Waals surface area contributed by atoms with Crippen LogP contribution >= 0.6 is 0 Å². The molecule has 4 atom stereocenters. The highest BCUT2D eigenvalue weighted by Gasteiger charge is 2.53. The first kappa shape index (κ1) is 14.7. The summed E-state index contributed by atoms with van der Waals surface area (Å²) in [6, 6.07) is 6.88. The average Bonchev–Trinajstić information content (AvgIpc) is 2.97. The lowest BCUT2D eigenvalue weighted by Crippen LogP contribution is -2.49. The first-order valence-electron chi connectivity index (χ1n) is 8.64. The normalized spacial score (nSPS) is 34.8. The molecular formula is C21H26N2. The summed E-state index contributed by atoms with van der Waals surface area (Å²) in [5.41, 5.74) is 4.36. The molecule has 1 fully saturated rings. The minimum Gasteiger partial charge on any atom is -0.361 e. The maximum atomic E-state index is 4.63. The summed E-state index contributed by atoms with van der Waals surface area (Å²) in [6.07, 6.45) is 6.68. The fraction of sp³-hybridized carbons (Fsp3) is 0.476. The Hall–Kier alpha value is -1.83. The minimum atomic E-state index is 0.0366. The van der Waals surface area contributed by atoms with E-state index in [1.807, 2.05) is 0 Å². The number of hydrogen-bond acceptors (Lipinski definition) is 1. The van der Waals surface area contributed by atoms with Crippen LogP contribution in [0, 0.1) is 11.3 Å². The molecule has 1 aromatic carbocycles. The zero-order valence-corrected chi connectivity index (χ0v) is 14.4. The standard InChI is InChI=1S/C21H26N2/c1-6-21(4)11-10-15-18(19(21)22-5)13-12-23-16-9-7-8-14(17(13)16)20(15,2)3/h6-9,12,15,18-19,23H,1,5,10-11H2,2-4H3. The Balaban J connectivity index is 2.02. The molecule has 2 heteroatoms. The Morgan fingerprint density at radius 1 is 1.30 bits per heavy atom. The number of aromatic nitrogens is 1. The van der Waals surface area contributed by atoms with Gasteiger partial charge in [0.2, 0.25) is 0 Å². The van der Waals surface area contributed by atoms with Crippen LogP contribution in [0.2, 0.25) is 0 Å². The smallest absolute Gasteiger partial charge is 0.0652 e. The molecule has 1 saturated carbocycles. The van der Waals surface area contributed by atoms with E-state index in [9.17, 15) is 0 Å². The highest BCUT2D eigenvalue weighted by molar-refractivity contribution is 5.89. The molecule has 0 spiro atoms. The van der Waals surface area contributed by atoms with Gasteiger partial charge in [-0.15, -0.1) is 6.58 Å². The predicted octanol–water partition coefficient (Wildman–Crippen LogP) is 5.21. The quantitative estimate of drug-likeness (QED) is 0.582. The van der Waals surface area contributed by atoms with Gasteiger partial charge in [-0.05, 0) is 48.1 Å². The van der Waals surface area contributed by atoms with Gasteiger partial charge >= 0.3 is 0 Å². The summed E-state index contributed by atoms with van der Waals surface area (Å²) >= 11 is 0. The van der Waals surface area contributed by atoms with Crippen molar-refractivity contribution in [3.8, 4) is 0 Å². The molecule has 2 nitrogen and oxygen atoms in total. The van der Waals surface area contributed by atoms with E-state index in [0.717, 1.165) is 6.42 Å². The van der Waals surface area contributed by atoms with Gasteiger partial charge in [-0.3, -0.25) is 4.99 Å². The van der Waals surface area contributed by atoms with Crippen molar-refractivity contribution in [1.29, 1.82) is 0 Å². The largest absolute Gasteiger partial charge is 0.361 e. The molecule has 4 unspecified atom stereocenters. The first-order chi connectivity index (χ1) is 10.9. The van der Waals surface area contributed by atoms with E-state index in [-0.39, 0.29) is 16.9 Å². The van der Waals surface area contributed by atoms with Crippen molar-refractivity contribution >= 4 is 17.6 Å². The third-order valence-corrected chi connectivity index (χ3v) is 6.82. The molecule has 0 bridgehead atoms. The van der Waals surface area contributed by atoms with Crippen LogP contribution in [0.3, 0.4) is 0 Å². The van der Waals surface area contributed by atoms with E-state index in [1.165, 1.54) is 28.5 Å². The van der Waals surface area contributed by atoms with Gasteiger partial charge in [0.15, 0.2) is 0 Å². The fourth-order valence-electron chi connectivity index (χ4n) is 5.38. The number of hydrogen-bond donors (Lipinski definition) is 1. The maximum absolute atomic E-state index is 4.63. The Labute approximate surface area is 138 Å². The fourth-order valence-corrected chi connectivity index (χ4v) is 5.38. The van der Waals surface area contributed by atoms with E-state index in [1.54, 1.807) is 0 Å². The maximum Gasteiger partial charge on any atom is 0.0652 e. The predicted molar refractivity (Wildman–Crippen MR) is 98.4 cm³/mol. The van der Waals surface area contributed by atoms with Crippen molar-refractivity contribution in [1.82, 2.24) is 4.98 Å². The second-order valence-electron chi connectivity index (χ2n) is 8.20. The highest BCUT2D eigenvalue weighted by atomic mass is 14.8. The number of nitrogens with zero attached hydrogens (tertiary/aromatic N) is 1. The number of benzene rings is 1. The molecule has 0 saturated heterocycles. The SMILES string of the molecule is C=CC1(C)CCC2C(c3c[nH]c4cccc(c34)C2(C)C)C1N=C. The van der Waals surface area contributed by atoms with E-state index in [2.05, 4.69) is 74.5 Å². The molecule has 1 N–H and O–H groups in total. The van der Waals surface area contributed by atoms with Gasteiger partial charge in [-0.2, -0.15) is 0 Å². The molecular weight excluding hydrogens is 280 g/mol. The van der Waals surface area contributed by atoms with Crippen molar-refractivity contribution in [2.45, 2.75) is 51.0 Å². The summed E-state index contributed by atoms with van der Waals surface area (Å²) in [5, 5.41) is 1.42. The molecule has 1 heterocycles. The number of rotatable bonds is 2. The lowest BCUT2D eigenvalue weighted by molar-refractivity contribution is 0.104. The molecule has 0 amide bonds. The third-order valence-electron chi connectivity index (χ3n) is 6.82. The Kier molecular flexibility index (Phi) is 2.94. The molecule has 1 aromatic heterocycles. The summed E-state index contributed by atoms with van der Waals surface area (Å²) in [6.45, 7) is 15.2.